The number of sulfonamides is 1. The third kappa shape index (κ3) is 3.64. The van der Waals surface area contributed by atoms with Crippen molar-refractivity contribution in [2.24, 2.45) is 0 Å². The van der Waals surface area contributed by atoms with Crippen LogP contribution in [-0.4, -0.2) is 31.1 Å². The van der Waals surface area contributed by atoms with E-state index in [-0.39, 0.29) is 16.5 Å². The van der Waals surface area contributed by atoms with E-state index in [2.05, 4.69) is 4.72 Å². The van der Waals surface area contributed by atoms with Crippen LogP contribution < -0.4 is 4.72 Å². The average molecular weight is 295 g/mol. The van der Waals surface area contributed by atoms with Gasteiger partial charge >= 0.3 is 0 Å². The van der Waals surface area contributed by atoms with Crippen molar-refractivity contribution in [3.8, 4) is 0 Å². The van der Waals surface area contributed by atoms with Crippen LogP contribution in [0.15, 0.2) is 23.1 Å². The Bertz CT molecular complexity index is 558. The number of hydrogen-bond donors (Lipinski definition) is 2. The summed E-state index contributed by atoms with van der Waals surface area (Å²) in [7, 11) is -3.90. The van der Waals surface area contributed by atoms with Gasteiger partial charge in [0, 0.05) is 12.6 Å². The molecule has 1 rings (SSSR count). The van der Waals surface area contributed by atoms with E-state index in [0.29, 0.717) is 0 Å². The lowest BCUT2D eigenvalue weighted by molar-refractivity contribution is -0.384. The van der Waals surface area contributed by atoms with E-state index >= 15 is 0 Å². The lowest BCUT2D eigenvalue weighted by Gasteiger charge is -2.08. The molecule has 1 atom stereocenters. The van der Waals surface area contributed by atoms with E-state index in [9.17, 15) is 18.5 Å². The van der Waals surface area contributed by atoms with Gasteiger partial charge in [0.15, 0.2) is 0 Å². The van der Waals surface area contributed by atoms with Crippen molar-refractivity contribution >= 4 is 27.3 Å². The largest absolute Gasteiger partial charge is 0.392 e. The first-order valence-corrected chi connectivity index (χ1v) is 6.72. The molecule has 1 aromatic rings. The van der Waals surface area contributed by atoms with Crippen molar-refractivity contribution in [2.75, 3.05) is 6.54 Å². The molecule has 2 N–H and O–H groups in total. The van der Waals surface area contributed by atoms with E-state index < -0.39 is 26.7 Å². The van der Waals surface area contributed by atoms with Gasteiger partial charge in [-0.15, -0.1) is 0 Å². The SMILES string of the molecule is C[C@@H](O)CNS(=O)(=O)c1ccc(Cl)c([N+](=O)[O-])c1. The molecular formula is C9H11ClN2O5S. The van der Waals surface area contributed by atoms with E-state index in [1.807, 2.05) is 0 Å². The van der Waals surface area contributed by atoms with Crippen LogP contribution in [0.4, 0.5) is 5.69 Å². The number of rotatable bonds is 5. The van der Waals surface area contributed by atoms with Crippen LogP contribution in [0.25, 0.3) is 0 Å². The van der Waals surface area contributed by atoms with Crippen LogP contribution in [0.2, 0.25) is 5.02 Å². The number of nitrogens with zero attached hydrogens (tertiary/aromatic N) is 1. The Kier molecular flexibility index (Phi) is 4.63. The third-order valence-electron chi connectivity index (χ3n) is 1.99. The summed E-state index contributed by atoms with van der Waals surface area (Å²) in [5.41, 5.74) is -0.489. The van der Waals surface area contributed by atoms with Gasteiger partial charge < -0.3 is 5.11 Å². The third-order valence-corrected chi connectivity index (χ3v) is 3.73. The van der Waals surface area contributed by atoms with Gasteiger partial charge in [-0.2, -0.15) is 0 Å². The fraction of sp³-hybridized carbons (Fsp3) is 0.333. The second-order valence-corrected chi connectivity index (χ2v) is 5.75. The predicted molar refractivity (Wildman–Crippen MR) is 65.0 cm³/mol. The summed E-state index contributed by atoms with van der Waals surface area (Å²) < 4.78 is 25.6. The monoisotopic (exact) mass is 294 g/mol. The maximum absolute atomic E-state index is 11.7. The Morgan fingerprint density at radius 3 is 2.67 bits per heavy atom. The minimum atomic E-state index is -3.90. The first kappa shape index (κ1) is 14.8. The number of nitro benzene ring substituents is 1. The van der Waals surface area contributed by atoms with E-state index in [1.165, 1.54) is 6.92 Å². The van der Waals surface area contributed by atoms with Crippen molar-refractivity contribution in [2.45, 2.75) is 17.9 Å². The van der Waals surface area contributed by atoms with Gasteiger partial charge in [0.2, 0.25) is 10.0 Å². The molecule has 0 aromatic heterocycles. The predicted octanol–water partition coefficient (Wildman–Crippen LogP) is 0.907. The molecule has 0 fully saturated rings. The Hall–Kier alpha value is -1.22. The topological polar surface area (TPSA) is 110 Å². The molecule has 0 aliphatic rings. The van der Waals surface area contributed by atoms with Gasteiger partial charge in [-0.3, -0.25) is 10.1 Å². The molecule has 7 nitrogen and oxygen atoms in total. The van der Waals surface area contributed by atoms with Crippen molar-refractivity contribution in [3.05, 3.63) is 33.3 Å². The molecule has 1 aromatic carbocycles. The van der Waals surface area contributed by atoms with Gasteiger partial charge in [0.05, 0.1) is 15.9 Å². The highest BCUT2D eigenvalue weighted by molar-refractivity contribution is 7.89. The summed E-state index contributed by atoms with van der Waals surface area (Å²) in [6, 6.07) is 3.16. The van der Waals surface area contributed by atoms with Crippen LogP contribution in [0.1, 0.15) is 6.92 Å². The number of aliphatic hydroxyl groups is 1. The van der Waals surface area contributed by atoms with E-state index in [1.54, 1.807) is 0 Å². The summed E-state index contributed by atoms with van der Waals surface area (Å²) in [5.74, 6) is 0. The van der Waals surface area contributed by atoms with Gasteiger partial charge in [0.1, 0.15) is 5.02 Å². The second-order valence-electron chi connectivity index (χ2n) is 3.57. The molecule has 0 saturated heterocycles. The van der Waals surface area contributed by atoms with Crippen LogP contribution in [0.5, 0.6) is 0 Å². The Balaban J connectivity index is 3.10. The summed E-state index contributed by atoms with van der Waals surface area (Å²) in [4.78, 5) is 9.59. The maximum Gasteiger partial charge on any atom is 0.289 e. The molecule has 0 saturated carbocycles. The zero-order chi connectivity index (χ0) is 13.9. The molecule has 0 amide bonds. The lowest BCUT2D eigenvalue weighted by Crippen LogP contribution is -2.30. The zero-order valence-corrected chi connectivity index (χ0v) is 10.9. The molecule has 100 valence electrons. The number of nitrogens with one attached hydrogen (secondary N) is 1. The maximum atomic E-state index is 11.7. The number of hydrogen-bond acceptors (Lipinski definition) is 5. The van der Waals surface area contributed by atoms with Gasteiger partial charge in [0.25, 0.3) is 5.69 Å². The summed E-state index contributed by atoms with van der Waals surface area (Å²) in [6.45, 7) is 1.23. The van der Waals surface area contributed by atoms with Gasteiger partial charge in [-0.1, -0.05) is 11.6 Å². The number of benzene rings is 1. The standard InChI is InChI=1S/C9H11ClN2O5S/c1-6(13)5-11-18(16,17)7-2-3-8(10)9(4-7)12(14)15/h2-4,6,11,13H,5H2,1H3/t6-/m1/s1. The molecule has 0 heterocycles. The molecule has 0 unspecified atom stereocenters. The highest BCUT2D eigenvalue weighted by Crippen LogP contribution is 2.26. The zero-order valence-electron chi connectivity index (χ0n) is 9.33. The highest BCUT2D eigenvalue weighted by Gasteiger charge is 2.20. The van der Waals surface area contributed by atoms with Crippen molar-refractivity contribution in [3.63, 3.8) is 0 Å². The number of aliphatic hydroxyl groups excluding tert-OH is 1. The first-order valence-electron chi connectivity index (χ1n) is 4.85. The average Bonchev–Trinajstić information content (AvgIpc) is 2.26. The molecule has 0 bridgehead atoms. The Morgan fingerprint density at radius 2 is 2.17 bits per heavy atom. The minimum Gasteiger partial charge on any atom is -0.392 e. The van der Waals surface area contributed by atoms with Crippen LogP contribution in [-0.2, 0) is 10.0 Å². The van der Waals surface area contributed by atoms with Crippen LogP contribution in [0.3, 0.4) is 0 Å². The van der Waals surface area contributed by atoms with Crippen molar-refractivity contribution in [1.29, 1.82) is 0 Å². The Labute approximate surface area is 109 Å². The van der Waals surface area contributed by atoms with E-state index in [0.717, 1.165) is 18.2 Å². The molecule has 0 radical (unpaired) electrons. The van der Waals surface area contributed by atoms with Crippen LogP contribution in [0, 0.1) is 10.1 Å². The minimum absolute atomic E-state index is 0.144. The highest BCUT2D eigenvalue weighted by atomic mass is 35.5. The fourth-order valence-electron chi connectivity index (χ4n) is 1.11. The Morgan fingerprint density at radius 1 is 1.56 bits per heavy atom. The quantitative estimate of drug-likeness (QED) is 0.619. The second kappa shape index (κ2) is 5.61. The molecule has 18 heavy (non-hydrogen) atoms. The summed E-state index contributed by atoms with van der Waals surface area (Å²) >= 11 is 5.57. The van der Waals surface area contributed by atoms with Gasteiger partial charge in [-0.05, 0) is 19.1 Å². The summed E-state index contributed by atoms with van der Waals surface area (Å²) in [5, 5.41) is 19.5. The molecule has 0 aliphatic heterocycles. The molecule has 9 heteroatoms. The fourth-order valence-corrected chi connectivity index (χ4v) is 2.44. The molecule has 0 spiro atoms. The first-order chi connectivity index (χ1) is 8.24. The number of halogens is 1. The van der Waals surface area contributed by atoms with E-state index in [4.69, 9.17) is 16.7 Å². The lowest BCUT2D eigenvalue weighted by atomic mass is 10.3. The van der Waals surface area contributed by atoms with Crippen LogP contribution >= 0.6 is 11.6 Å². The summed E-state index contributed by atoms with van der Waals surface area (Å²) in [6.07, 6.45) is -0.859. The normalized spacial score (nSPS) is 13.3. The number of nitro groups is 1. The van der Waals surface area contributed by atoms with Crippen molar-refractivity contribution < 1.29 is 18.4 Å². The van der Waals surface area contributed by atoms with Crippen molar-refractivity contribution in [1.82, 2.24) is 4.72 Å². The molecule has 0 aliphatic carbocycles. The molecular weight excluding hydrogens is 284 g/mol. The smallest absolute Gasteiger partial charge is 0.289 e. The van der Waals surface area contributed by atoms with Gasteiger partial charge in [-0.25, -0.2) is 13.1 Å².